The van der Waals surface area contributed by atoms with Crippen molar-refractivity contribution in [2.75, 3.05) is 13.2 Å². The van der Waals surface area contributed by atoms with Gasteiger partial charge in [-0.05, 0) is 6.42 Å². The van der Waals surface area contributed by atoms with Crippen LogP contribution in [0.2, 0.25) is 0 Å². The van der Waals surface area contributed by atoms with Gasteiger partial charge in [-0.1, -0.05) is 0 Å². The second-order valence-electron chi connectivity index (χ2n) is 5.94. The van der Waals surface area contributed by atoms with Crippen molar-refractivity contribution in [3.63, 3.8) is 0 Å². The first-order valence-electron chi connectivity index (χ1n) is 7.37. The zero-order chi connectivity index (χ0) is 27.3. The monoisotopic (exact) mass is 557 g/mol. The quantitative estimate of drug-likeness (QED) is 0.295. The van der Waals surface area contributed by atoms with Gasteiger partial charge in [0.1, 0.15) is 0 Å². The van der Waals surface area contributed by atoms with E-state index in [0.717, 1.165) is 0 Å². The topological polar surface area (TPSA) is 66.4 Å². The summed E-state index contributed by atoms with van der Waals surface area (Å²) in [6.45, 7) is -2.56. The standard InChI is InChI=1S/C11H8F17NO3S/c12-4(13,6(16,17)8(20,21)10(24,25)26)5(14,15)7(18,19)9(22,23)11(27,28)33(31,32)29-2-1-3-30/h29-30H,1-3H2. The van der Waals surface area contributed by atoms with E-state index in [1.807, 2.05) is 0 Å². The van der Waals surface area contributed by atoms with E-state index < -0.39 is 76.6 Å². The van der Waals surface area contributed by atoms with Crippen LogP contribution in [0.4, 0.5) is 74.6 Å². The molecule has 0 aromatic heterocycles. The van der Waals surface area contributed by atoms with E-state index in [4.69, 9.17) is 5.11 Å². The summed E-state index contributed by atoms with van der Waals surface area (Å²) in [5.41, 5.74) is 0. The molecule has 0 aliphatic heterocycles. The molecule has 0 aromatic carbocycles. The van der Waals surface area contributed by atoms with Crippen LogP contribution in [0, 0.1) is 0 Å². The third-order valence-corrected chi connectivity index (χ3v) is 5.17. The molecule has 0 aliphatic rings. The molecule has 0 radical (unpaired) electrons. The van der Waals surface area contributed by atoms with Crippen LogP contribution in [0.25, 0.3) is 0 Å². The molecule has 0 amide bonds. The van der Waals surface area contributed by atoms with Crippen molar-refractivity contribution in [1.82, 2.24) is 4.72 Å². The lowest BCUT2D eigenvalue weighted by Gasteiger charge is -2.42. The van der Waals surface area contributed by atoms with Gasteiger partial charge in [0.05, 0.1) is 0 Å². The smallest absolute Gasteiger partial charge is 0.396 e. The van der Waals surface area contributed by atoms with Gasteiger partial charge in [0.15, 0.2) is 0 Å². The van der Waals surface area contributed by atoms with Crippen molar-refractivity contribution in [3.05, 3.63) is 0 Å². The number of sulfonamides is 1. The molecular formula is C11H8F17NO3S. The highest BCUT2D eigenvalue weighted by atomic mass is 32.2. The average Bonchev–Trinajstić information content (AvgIpc) is 2.59. The molecule has 22 heteroatoms. The second kappa shape index (κ2) is 8.41. The van der Waals surface area contributed by atoms with Crippen molar-refractivity contribution in [3.8, 4) is 0 Å². The third-order valence-electron chi connectivity index (χ3n) is 3.66. The van der Waals surface area contributed by atoms with Crippen LogP contribution < -0.4 is 4.72 Å². The molecule has 200 valence electrons. The molecule has 33 heavy (non-hydrogen) atoms. The van der Waals surface area contributed by atoms with Crippen LogP contribution in [-0.2, 0) is 10.0 Å². The molecule has 0 heterocycles. The summed E-state index contributed by atoms with van der Waals surface area (Å²) in [7, 11) is -7.28. The Balaban J connectivity index is 6.77. The Morgan fingerprint density at radius 3 is 1.15 bits per heavy atom. The van der Waals surface area contributed by atoms with Gasteiger partial charge < -0.3 is 5.11 Å². The summed E-state index contributed by atoms with van der Waals surface area (Å²) < 4.78 is 244. The SMILES string of the molecule is O=S(=O)(NCCCO)C(F)(F)C(F)(F)C(F)(F)C(F)(F)C(F)(F)C(F)(F)C(F)(F)C(F)(F)F. The van der Waals surface area contributed by atoms with Crippen LogP contribution in [0.5, 0.6) is 0 Å². The number of hydrogen-bond acceptors (Lipinski definition) is 3. The molecule has 0 saturated heterocycles. The molecule has 0 fully saturated rings. The molecule has 2 N–H and O–H groups in total. The maximum Gasteiger partial charge on any atom is 0.460 e. The Morgan fingerprint density at radius 2 is 0.848 bits per heavy atom. The van der Waals surface area contributed by atoms with Crippen LogP contribution in [-0.4, -0.2) is 73.6 Å². The lowest BCUT2D eigenvalue weighted by molar-refractivity contribution is -0.458. The van der Waals surface area contributed by atoms with Gasteiger partial charge in [-0.3, -0.25) is 0 Å². The van der Waals surface area contributed by atoms with E-state index in [1.165, 1.54) is 0 Å². The van der Waals surface area contributed by atoms with Gasteiger partial charge in [0, 0.05) is 13.2 Å². The number of aliphatic hydroxyl groups excluding tert-OH is 1. The molecule has 0 spiro atoms. The largest absolute Gasteiger partial charge is 0.460 e. The van der Waals surface area contributed by atoms with Crippen molar-refractivity contribution < 1.29 is 88.2 Å². The Hall–Kier alpha value is -1.32. The molecule has 0 rings (SSSR count). The minimum absolute atomic E-state index is 0.343. The van der Waals surface area contributed by atoms with Gasteiger partial charge >= 0.3 is 47.0 Å². The Kier molecular flexibility index (Phi) is 8.08. The maximum atomic E-state index is 13.5. The van der Waals surface area contributed by atoms with Crippen LogP contribution in [0.1, 0.15) is 6.42 Å². The minimum Gasteiger partial charge on any atom is -0.396 e. The second-order valence-corrected chi connectivity index (χ2v) is 7.74. The first-order valence-corrected chi connectivity index (χ1v) is 8.86. The first kappa shape index (κ1) is 31.7. The molecule has 0 unspecified atom stereocenters. The summed E-state index contributed by atoms with van der Waals surface area (Å²) in [5, 5.41) is 0.682. The average molecular weight is 557 g/mol. The van der Waals surface area contributed by atoms with E-state index in [0.29, 0.717) is 4.72 Å². The minimum atomic E-state index is -8.86. The van der Waals surface area contributed by atoms with Crippen LogP contribution in [0.3, 0.4) is 0 Å². The Labute approximate surface area is 170 Å². The molecule has 0 aromatic rings. The number of alkyl halides is 17. The Bertz CT molecular complexity index is 804. The number of aliphatic hydroxyl groups is 1. The van der Waals surface area contributed by atoms with Gasteiger partial charge in [0.25, 0.3) is 10.0 Å². The highest BCUT2D eigenvalue weighted by Crippen LogP contribution is 2.64. The molecule has 0 atom stereocenters. The first-order chi connectivity index (χ1) is 14.1. The van der Waals surface area contributed by atoms with Crippen molar-refractivity contribution in [1.29, 1.82) is 0 Å². The van der Waals surface area contributed by atoms with Crippen molar-refractivity contribution in [2.24, 2.45) is 0 Å². The zero-order valence-corrected chi connectivity index (χ0v) is 15.5. The van der Waals surface area contributed by atoms with E-state index >= 15 is 0 Å². The fourth-order valence-corrected chi connectivity index (χ4v) is 2.75. The fourth-order valence-electron chi connectivity index (χ4n) is 1.69. The number of halogens is 17. The summed E-state index contributed by atoms with van der Waals surface area (Å²) in [6, 6.07) is 0. The predicted octanol–water partition coefficient (Wildman–Crippen LogP) is 4.26. The van der Waals surface area contributed by atoms with E-state index in [1.54, 1.807) is 0 Å². The summed E-state index contributed by atoms with van der Waals surface area (Å²) in [5.74, 6) is -51.7. The van der Waals surface area contributed by atoms with Crippen LogP contribution in [0.15, 0.2) is 0 Å². The summed E-state index contributed by atoms with van der Waals surface area (Å²) in [6.07, 6.45) is -8.79. The Morgan fingerprint density at radius 1 is 0.545 bits per heavy atom. The number of hydrogen-bond donors (Lipinski definition) is 2. The number of nitrogens with one attached hydrogen (secondary N) is 1. The third kappa shape index (κ3) is 4.29. The van der Waals surface area contributed by atoms with Crippen molar-refractivity contribution in [2.45, 2.75) is 53.4 Å². The molecule has 0 bridgehead atoms. The number of rotatable bonds is 11. The predicted molar refractivity (Wildman–Crippen MR) is 69.3 cm³/mol. The van der Waals surface area contributed by atoms with Gasteiger partial charge in [-0.15, -0.1) is 0 Å². The highest BCUT2D eigenvalue weighted by Gasteiger charge is 2.96. The molecular weight excluding hydrogens is 549 g/mol. The lowest BCUT2D eigenvalue weighted by atomic mass is 9.91. The van der Waals surface area contributed by atoms with Crippen molar-refractivity contribution >= 4 is 10.0 Å². The summed E-state index contributed by atoms with van der Waals surface area (Å²) in [4.78, 5) is 0. The summed E-state index contributed by atoms with van der Waals surface area (Å²) >= 11 is 0. The molecule has 4 nitrogen and oxygen atoms in total. The van der Waals surface area contributed by atoms with Crippen LogP contribution >= 0.6 is 0 Å². The lowest BCUT2D eigenvalue weighted by Crippen LogP contribution is -2.75. The van der Waals surface area contributed by atoms with Gasteiger partial charge in [0.2, 0.25) is 0 Å². The highest BCUT2D eigenvalue weighted by molar-refractivity contribution is 7.90. The van der Waals surface area contributed by atoms with E-state index in [2.05, 4.69) is 0 Å². The molecule has 0 saturated carbocycles. The fraction of sp³-hybridized carbons (Fsp3) is 1.00. The van der Waals surface area contributed by atoms with Gasteiger partial charge in [-0.25, -0.2) is 13.1 Å². The zero-order valence-electron chi connectivity index (χ0n) is 14.7. The molecule has 0 aliphatic carbocycles. The van der Waals surface area contributed by atoms with E-state index in [9.17, 15) is 83.1 Å². The van der Waals surface area contributed by atoms with E-state index in [-0.39, 0.29) is 0 Å². The maximum absolute atomic E-state index is 13.5. The van der Waals surface area contributed by atoms with Gasteiger partial charge in [-0.2, -0.15) is 74.6 Å². The normalized spacial score (nSPS) is 16.3.